The molecule has 1 saturated carbocycles. The molecule has 0 bridgehead atoms. The second-order valence-electron chi connectivity index (χ2n) is 6.84. The van der Waals surface area contributed by atoms with Crippen molar-refractivity contribution in [3.63, 3.8) is 0 Å². The number of nitrogens with zero attached hydrogens (tertiary/aromatic N) is 3. The van der Waals surface area contributed by atoms with Gasteiger partial charge in [0.15, 0.2) is 0 Å². The van der Waals surface area contributed by atoms with Crippen LogP contribution >= 0.6 is 0 Å². The van der Waals surface area contributed by atoms with E-state index < -0.39 is 0 Å². The largest absolute Gasteiger partial charge is 0.497 e. The van der Waals surface area contributed by atoms with Crippen LogP contribution in [0.1, 0.15) is 31.2 Å². The summed E-state index contributed by atoms with van der Waals surface area (Å²) in [6, 6.07) is 12.6. The fourth-order valence-electron chi connectivity index (χ4n) is 4.05. The molecule has 0 spiro atoms. The van der Waals surface area contributed by atoms with Gasteiger partial charge in [0.05, 0.1) is 7.11 Å². The molecule has 1 aliphatic carbocycles. The molecule has 4 heteroatoms. The minimum atomic E-state index is 0.171. The monoisotopic (exact) mass is 333 g/mol. The summed E-state index contributed by atoms with van der Waals surface area (Å²) in [4.78, 5) is 8.82. The number of methoxy groups -OCH3 is 1. The maximum absolute atomic E-state index is 5.33. The van der Waals surface area contributed by atoms with Crippen molar-refractivity contribution < 1.29 is 4.74 Å². The first-order valence-corrected chi connectivity index (χ1v) is 8.87. The van der Waals surface area contributed by atoms with E-state index in [4.69, 9.17) is 4.74 Å². The topological polar surface area (TPSA) is 39.9 Å². The fourth-order valence-corrected chi connectivity index (χ4v) is 4.05. The molecule has 2 aromatic heterocycles. The molecule has 0 atom stereocenters. The van der Waals surface area contributed by atoms with Gasteiger partial charge in [-0.1, -0.05) is 25.0 Å². The maximum Gasteiger partial charge on any atom is 0.141 e. The zero-order valence-electron chi connectivity index (χ0n) is 14.6. The van der Waals surface area contributed by atoms with Crippen LogP contribution in [-0.2, 0) is 12.0 Å². The van der Waals surface area contributed by atoms with Crippen molar-refractivity contribution in [2.24, 2.45) is 0 Å². The molecule has 4 nitrogen and oxygen atoms in total. The number of hydrogen-bond donors (Lipinski definition) is 0. The summed E-state index contributed by atoms with van der Waals surface area (Å²) in [5, 5.41) is 0. The van der Waals surface area contributed by atoms with E-state index in [2.05, 4.69) is 51.1 Å². The minimum absolute atomic E-state index is 0.171. The number of imidazole rings is 1. The quantitative estimate of drug-likeness (QED) is 0.692. The van der Waals surface area contributed by atoms with E-state index in [0.717, 1.165) is 23.7 Å². The number of benzene rings is 1. The van der Waals surface area contributed by atoms with Crippen molar-refractivity contribution in [1.82, 2.24) is 14.5 Å². The minimum Gasteiger partial charge on any atom is -0.497 e. The van der Waals surface area contributed by atoms with Gasteiger partial charge < -0.3 is 9.30 Å². The highest BCUT2D eigenvalue weighted by molar-refractivity contribution is 5.53. The van der Waals surface area contributed by atoms with Gasteiger partial charge in [-0.25, -0.2) is 4.98 Å². The van der Waals surface area contributed by atoms with Gasteiger partial charge in [-0.05, 0) is 42.7 Å². The van der Waals surface area contributed by atoms with Crippen LogP contribution in [0.15, 0.2) is 61.2 Å². The third-order valence-electron chi connectivity index (χ3n) is 5.37. The molecule has 1 fully saturated rings. The van der Waals surface area contributed by atoms with Crippen LogP contribution in [0.2, 0.25) is 0 Å². The molecule has 0 amide bonds. The summed E-state index contributed by atoms with van der Waals surface area (Å²) in [6.07, 6.45) is 12.6. The highest BCUT2D eigenvalue weighted by Crippen LogP contribution is 2.43. The number of rotatable bonds is 5. The van der Waals surface area contributed by atoms with Crippen LogP contribution in [0.5, 0.6) is 5.75 Å². The molecule has 0 aliphatic heterocycles. The predicted molar refractivity (Wildman–Crippen MR) is 98.6 cm³/mol. The van der Waals surface area contributed by atoms with Crippen LogP contribution in [0.4, 0.5) is 0 Å². The summed E-state index contributed by atoms with van der Waals surface area (Å²) >= 11 is 0. The molecule has 0 unspecified atom stereocenters. The fraction of sp³-hybridized carbons (Fsp3) is 0.333. The summed E-state index contributed by atoms with van der Waals surface area (Å²) in [6.45, 7) is 0.948. The van der Waals surface area contributed by atoms with Crippen LogP contribution in [0.25, 0.3) is 11.4 Å². The molecule has 0 radical (unpaired) electrons. The van der Waals surface area contributed by atoms with Crippen molar-refractivity contribution >= 4 is 0 Å². The Morgan fingerprint density at radius 2 is 1.88 bits per heavy atom. The Hall–Kier alpha value is -2.62. The molecule has 25 heavy (non-hydrogen) atoms. The Balaban J connectivity index is 1.68. The second kappa shape index (κ2) is 6.71. The van der Waals surface area contributed by atoms with Gasteiger partial charge in [-0.2, -0.15) is 0 Å². The van der Waals surface area contributed by atoms with Crippen LogP contribution in [0, 0.1) is 0 Å². The van der Waals surface area contributed by atoms with Crippen molar-refractivity contribution in [2.45, 2.75) is 37.6 Å². The standard InChI is InChI=1S/C21H23N3O/c1-25-19-8-6-18(7-9-19)21(10-2-3-11-21)16-24-14-13-23-20(24)17-5-4-12-22-15-17/h4-9,12-15H,2-3,10-11,16H2,1H3. The van der Waals surface area contributed by atoms with Crippen molar-refractivity contribution in [1.29, 1.82) is 0 Å². The Morgan fingerprint density at radius 3 is 2.56 bits per heavy atom. The van der Waals surface area contributed by atoms with Gasteiger partial charge in [-0.3, -0.25) is 4.98 Å². The normalized spacial score (nSPS) is 16.0. The van der Waals surface area contributed by atoms with Crippen LogP contribution in [0.3, 0.4) is 0 Å². The van der Waals surface area contributed by atoms with E-state index in [-0.39, 0.29) is 5.41 Å². The average molecular weight is 333 g/mol. The van der Waals surface area contributed by atoms with Crippen molar-refractivity contribution in [3.05, 3.63) is 66.7 Å². The first-order valence-electron chi connectivity index (χ1n) is 8.87. The average Bonchev–Trinajstić information content (AvgIpc) is 3.33. The summed E-state index contributed by atoms with van der Waals surface area (Å²) < 4.78 is 7.61. The van der Waals surface area contributed by atoms with E-state index >= 15 is 0 Å². The molecule has 2 heterocycles. The second-order valence-corrected chi connectivity index (χ2v) is 6.84. The first kappa shape index (κ1) is 15.9. The van der Waals surface area contributed by atoms with Gasteiger partial charge in [0.2, 0.25) is 0 Å². The molecule has 0 N–H and O–H groups in total. The lowest BCUT2D eigenvalue weighted by atomic mass is 9.78. The van der Waals surface area contributed by atoms with Crippen LogP contribution in [-0.4, -0.2) is 21.6 Å². The lowest BCUT2D eigenvalue weighted by Gasteiger charge is -2.31. The lowest BCUT2D eigenvalue weighted by molar-refractivity contribution is 0.371. The third-order valence-corrected chi connectivity index (χ3v) is 5.37. The van der Waals surface area contributed by atoms with E-state index in [0.29, 0.717) is 0 Å². The van der Waals surface area contributed by atoms with Gasteiger partial charge in [0.1, 0.15) is 11.6 Å². The van der Waals surface area contributed by atoms with Gasteiger partial charge in [-0.15, -0.1) is 0 Å². The summed E-state index contributed by atoms with van der Waals surface area (Å²) in [7, 11) is 1.71. The van der Waals surface area contributed by atoms with Crippen molar-refractivity contribution in [2.75, 3.05) is 7.11 Å². The number of pyridine rings is 1. The first-order chi connectivity index (χ1) is 12.3. The van der Waals surface area contributed by atoms with Gasteiger partial charge >= 0.3 is 0 Å². The molecule has 0 saturated heterocycles. The summed E-state index contributed by atoms with van der Waals surface area (Å²) in [5.74, 6) is 1.91. The zero-order chi connectivity index (χ0) is 17.1. The SMILES string of the molecule is COc1ccc(C2(Cn3ccnc3-c3cccnc3)CCCC2)cc1. The number of hydrogen-bond acceptors (Lipinski definition) is 3. The van der Waals surface area contributed by atoms with E-state index in [1.807, 2.05) is 18.5 Å². The Kier molecular flexibility index (Phi) is 4.26. The number of ether oxygens (including phenoxy) is 1. The molecule has 1 aliphatic rings. The van der Waals surface area contributed by atoms with E-state index in [1.165, 1.54) is 31.2 Å². The molecular weight excluding hydrogens is 310 g/mol. The maximum atomic E-state index is 5.33. The molecule has 128 valence electrons. The third kappa shape index (κ3) is 3.04. The molecular formula is C21H23N3O. The van der Waals surface area contributed by atoms with Crippen molar-refractivity contribution in [3.8, 4) is 17.1 Å². The van der Waals surface area contributed by atoms with Gasteiger partial charge in [0, 0.05) is 42.3 Å². The predicted octanol–water partition coefficient (Wildman–Crippen LogP) is 4.47. The lowest BCUT2D eigenvalue weighted by Crippen LogP contribution is -2.28. The smallest absolute Gasteiger partial charge is 0.141 e. The molecule has 1 aromatic carbocycles. The van der Waals surface area contributed by atoms with E-state index in [9.17, 15) is 0 Å². The molecule has 4 rings (SSSR count). The Morgan fingerprint density at radius 1 is 1.08 bits per heavy atom. The molecule has 3 aromatic rings. The zero-order valence-corrected chi connectivity index (χ0v) is 14.6. The Bertz CT molecular complexity index is 818. The Labute approximate surface area is 148 Å². The highest BCUT2D eigenvalue weighted by atomic mass is 16.5. The number of aromatic nitrogens is 3. The van der Waals surface area contributed by atoms with E-state index in [1.54, 1.807) is 13.3 Å². The van der Waals surface area contributed by atoms with Gasteiger partial charge in [0.25, 0.3) is 0 Å². The highest BCUT2D eigenvalue weighted by Gasteiger charge is 2.36. The summed E-state index contributed by atoms with van der Waals surface area (Å²) in [5.41, 5.74) is 2.64. The van der Waals surface area contributed by atoms with Crippen LogP contribution < -0.4 is 4.74 Å².